The first kappa shape index (κ1) is 16.6. The molecule has 1 atom stereocenters. The number of ether oxygens (including phenoxy) is 2. The highest BCUT2D eigenvalue weighted by Crippen LogP contribution is 2.46. The Bertz CT molecular complexity index is 907. The van der Waals surface area contributed by atoms with Crippen molar-refractivity contribution in [1.29, 1.82) is 0 Å². The molecule has 0 radical (unpaired) electrons. The number of benzene rings is 1. The van der Waals surface area contributed by atoms with Crippen LogP contribution < -0.4 is 4.90 Å². The summed E-state index contributed by atoms with van der Waals surface area (Å²) in [5.41, 5.74) is 2.80. The lowest BCUT2D eigenvalue weighted by molar-refractivity contribution is -0.145. The number of para-hydroxylation sites is 1. The summed E-state index contributed by atoms with van der Waals surface area (Å²) >= 11 is 5.98. The lowest BCUT2D eigenvalue weighted by Crippen LogP contribution is -2.54. The molecule has 4 aliphatic heterocycles. The van der Waals surface area contributed by atoms with Gasteiger partial charge in [-0.05, 0) is 23.8 Å². The first-order chi connectivity index (χ1) is 13.1. The van der Waals surface area contributed by atoms with Gasteiger partial charge >= 0.3 is 0 Å². The molecule has 1 fully saturated rings. The smallest absolute Gasteiger partial charge is 0.285 e. The van der Waals surface area contributed by atoms with E-state index in [1.54, 1.807) is 15.9 Å². The highest BCUT2D eigenvalue weighted by atomic mass is 35.5. The number of carbonyl (C=O) groups is 1. The second-order valence-corrected chi connectivity index (χ2v) is 7.07. The zero-order valence-corrected chi connectivity index (χ0v) is 15.2. The lowest BCUT2D eigenvalue weighted by Gasteiger charge is -2.41. The lowest BCUT2D eigenvalue weighted by atomic mass is 10.1. The van der Waals surface area contributed by atoms with Crippen molar-refractivity contribution in [2.24, 2.45) is 0 Å². The van der Waals surface area contributed by atoms with Crippen LogP contribution in [0, 0.1) is 0 Å². The van der Waals surface area contributed by atoms with Crippen LogP contribution in [0.15, 0.2) is 58.7 Å². The average molecular weight is 390 g/mol. The Morgan fingerprint density at radius 2 is 1.96 bits per heavy atom. The quantitative estimate of drug-likeness (QED) is 0.546. The molecule has 0 N–H and O–H groups in total. The zero-order valence-electron chi connectivity index (χ0n) is 14.4. The Morgan fingerprint density at radius 1 is 1.19 bits per heavy atom. The Labute approximate surface area is 160 Å². The molecular weight excluding hydrogens is 373 g/mol. The Hall–Kier alpha value is -2.51. The maximum atomic E-state index is 14.8. The van der Waals surface area contributed by atoms with E-state index in [0.29, 0.717) is 49.3 Å². The molecule has 4 aliphatic rings. The molecule has 0 aromatic heterocycles. The predicted octanol–water partition coefficient (Wildman–Crippen LogP) is 2.64. The van der Waals surface area contributed by atoms with Gasteiger partial charge in [0, 0.05) is 25.2 Å². The van der Waals surface area contributed by atoms with Crippen LogP contribution in [0.25, 0.3) is 0 Å². The monoisotopic (exact) mass is 389 g/mol. The zero-order chi connectivity index (χ0) is 18.5. The molecule has 0 saturated carbocycles. The normalized spacial score (nSPS) is 23.9. The number of rotatable bonds is 1. The number of halogens is 2. The Morgan fingerprint density at radius 3 is 2.78 bits per heavy atom. The van der Waals surface area contributed by atoms with Crippen molar-refractivity contribution in [1.82, 2.24) is 10.0 Å². The van der Waals surface area contributed by atoms with Crippen LogP contribution in [0.1, 0.15) is 5.56 Å². The summed E-state index contributed by atoms with van der Waals surface area (Å²) in [6, 6.07) is 7.72. The molecule has 1 amide bonds. The van der Waals surface area contributed by atoms with Crippen LogP contribution in [0.3, 0.4) is 0 Å². The minimum Gasteiger partial charge on any atom is -0.458 e. The van der Waals surface area contributed by atoms with Crippen LogP contribution in [0.5, 0.6) is 0 Å². The van der Waals surface area contributed by atoms with Crippen molar-refractivity contribution in [2.75, 3.05) is 31.2 Å². The minimum absolute atomic E-state index is 0.0429. The van der Waals surface area contributed by atoms with Crippen LogP contribution in [-0.2, 0) is 20.7 Å². The molecule has 8 heteroatoms. The number of allylic oxidation sites excluding steroid dienone is 3. The van der Waals surface area contributed by atoms with Gasteiger partial charge in [0.25, 0.3) is 12.1 Å². The van der Waals surface area contributed by atoms with Crippen LogP contribution in [0.2, 0.25) is 0 Å². The minimum atomic E-state index is -0.879. The number of anilines is 1. The van der Waals surface area contributed by atoms with E-state index >= 15 is 0 Å². The van der Waals surface area contributed by atoms with Gasteiger partial charge in [-0.2, -0.15) is 5.12 Å². The second kappa shape index (κ2) is 6.28. The largest absolute Gasteiger partial charge is 0.458 e. The fraction of sp³-hybridized carbons (Fsp3) is 0.316. The van der Waals surface area contributed by atoms with Crippen LogP contribution >= 0.6 is 11.6 Å². The van der Waals surface area contributed by atoms with Gasteiger partial charge in [-0.25, -0.2) is 0 Å². The van der Waals surface area contributed by atoms with Gasteiger partial charge in [0.1, 0.15) is 10.9 Å². The summed E-state index contributed by atoms with van der Waals surface area (Å²) < 4.78 is 26.1. The van der Waals surface area contributed by atoms with E-state index in [9.17, 15) is 9.28 Å². The van der Waals surface area contributed by atoms with E-state index in [-0.39, 0.29) is 16.8 Å². The highest BCUT2D eigenvalue weighted by molar-refractivity contribution is 6.29. The summed E-state index contributed by atoms with van der Waals surface area (Å²) in [4.78, 5) is 16.8. The molecule has 1 saturated heterocycles. The molecule has 6 nitrogen and oxygen atoms in total. The fourth-order valence-corrected chi connectivity index (χ4v) is 4.04. The standard InChI is InChI=1S/C19H17ClFN3O3/c20-16-6-5-15-17(24(16)21)14-11-12-3-1-2-4-13(12)23(14)19(27-15)18(25)22-7-9-26-10-8-22/h1-6,19H,7-11H2. The van der Waals surface area contributed by atoms with Crippen molar-refractivity contribution in [2.45, 2.75) is 12.6 Å². The molecule has 4 heterocycles. The molecule has 1 unspecified atom stereocenters. The van der Waals surface area contributed by atoms with Gasteiger partial charge in [0.05, 0.1) is 18.9 Å². The first-order valence-corrected chi connectivity index (χ1v) is 9.20. The van der Waals surface area contributed by atoms with Gasteiger partial charge in [-0.15, -0.1) is 0 Å². The van der Waals surface area contributed by atoms with E-state index in [0.717, 1.165) is 11.3 Å². The number of fused-ring (bicyclic) bond motifs is 4. The highest BCUT2D eigenvalue weighted by Gasteiger charge is 2.46. The Kier molecular flexibility index (Phi) is 3.87. The Balaban J connectivity index is 1.61. The number of nitrogens with zero attached hydrogens (tertiary/aromatic N) is 3. The van der Waals surface area contributed by atoms with Crippen LogP contribution in [0.4, 0.5) is 10.2 Å². The second-order valence-electron chi connectivity index (χ2n) is 6.68. The number of carbonyl (C=O) groups excluding carboxylic acids is 1. The molecule has 27 heavy (non-hydrogen) atoms. The van der Waals surface area contributed by atoms with Gasteiger partial charge in [0.15, 0.2) is 5.76 Å². The molecule has 0 aliphatic carbocycles. The third-order valence-corrected chi connectivity index (χ3v) is 5.44. The molecule has 0 bridgehead atoms. The number of hydrogen-bond donors (Lipinski definition) is 0. The first-order valence-electron chi connectivity index (χ1n) is 8.82. The SMILES string of the molecule is O=C(C1OC2=CC=C(Cl)N(F)C2=C2Cc3ccccc3N21)N1CCOCC1. The molecule has 5 rings (SSSR count). The third-order valence-electron chi connectivity index (χ3n) is 5.17. The van der Waals surface area contributed by atoms with Crippen molar-refractivity contribution in [3.05, 3.63) is 64.3 Å². The number of morpholine rings is 1. The average Bonchev–Trinajstić information content (AvgIpc) is 3.09. The predicted molar refractivity (Wildman–Crippen MR) is 96.9 cm³/mol. The van der Waals surface area contributed by atoms with Gasteiger partial charge in [-0.3, -0.25) is 9.69 Å². The van der Waals surface area contributed by atoms with Crippen molar-refractivity contribution < 1.29 is 18.7 Å². The molecule has 1 aromatic rings. The maximum absolute atomic E-state index is 14.8. The van der Waals surface area contributed by atoms with Gasteiger partial charge in [0.2, 0.25) is 0 Å². The summed E-state index contributed by atoms with van der Waals surface area (Å²) in [6.07, 6.45) is 2.66. The molecule has 0 spiro atoms. The van der Waals surface area contributed by atoms with E-state index in [2.05, 4.69) is 0 Å². The summed E-state index contributed by atoms with van der Waals surface area (Å²) in [7, 11) is 0. The maximum Gasteiger partial charge on any atom is 0.285 e. The molecule has 140 valence electrons. The summed E-state index contributed by atoms with van der Waals surface area (Å²) in [6.45, 7) is 2.03. The van der Waals surface area contributed by atoms with Gasteiger partial charge < -0.3 is 14.4 Å². The van der Waals surface area contributed by atoms with Crippen LogP contribution in [-0.4, -0.2) is 48.5 Å². The third kappa shape index (κ3) is 2.53. The van der Waals surface area contributed by atoms with Crippen molar-refractivity contribution in [3.8, 4) is 0 Å². The molecular formula is C19H17ClFN3O3. The summed E-state index contributed by atoms with van der Waals surface area (Å²) in [5, 5.41) is 0.374. The van der Waals surface area contributed by atoms with Crippen molar-refractivity contribution >= 4 is 23.2 Å². The number of hydrogen-bond acceptors (Lipinski definition) is 5. The van der Waals surface area contributed by atoms with Gasteiger partial charge in [-0.1, -0.05) is 34.3 Å². The number of amides is 1. The fourth-order valence-electron chi connectivity index (χ4n) is 3.89. The van der Waals surface area contributed by atoms with E-state index < -0.39 is 6.23 Å². The summed E-state index contributed by atoms with van der Waals surface area (Å²) in [5.74, 6) is 0.158. The van der Waals surface area contributed by atoms with Crippen molar-refractivity contribution in [3.63, 3.8) is 0 Å². The molecule has 1 aromatic carbocycles. The van der Waals surface area contributed by atoms with E-state index in [1.807, 2.05) is 24.3 Å². The van der Waals surface area contributed by atoms with E-state index in [4.69, 9.17) is 21.1 Å². The van der Waals surface area contributed by atoms with E-state index in [1.165, 1.54) is 6.08 Å². The topological polar surface area (TPSA) is 45.2 Å².